The van der Waals surface area contributed by atoms with Crippen LogP contribution in [0, 0.1) is 0 Å². The van der Waals surface area contributed by atoms with Crippen LogP contribution in [-0.4, -0.2) is 31.1 Å². The quantitative estimate of drug-likeness (QED) is 0.703. The molecule has 0 aliphatic carbocycles. The molecule has 16 heavy (non-hydrogen) atoms. The topological polar surface area (TPSA) is 15.3 Å². The first-order valence-corrected chi connectivity index (χ1v) is 7.10. The van der Waals surface area contributed by atoms with Crippen LogP contribution in [0.5, 0.6) is 0 Å². The first kappa shape index (κ1) is 13.7. The van der Waals surface area contributed by atoms with Crippen molar-refractivity contribution in [3.8, 4) is 0 Å². The van der Waals surface area contributed by atoms with E-state index in [4.69, 9.17) is 0 Å². The molecule has 1 atom stereocenters. The molecule has 0 saturated carbocycles. The van der Waals surface area contributed by atoms with Gasteiger partial charge < -0.3 is 5.32 Å². The van der Waals surface area contributed by atoms with E-state index in [0.717, 1.165) is 19.6 Å². The third-order valence-corrected chi connectivity index (χ3v) is 3.66. The Morgan fingerprint density at radius 3 is 2.88 bits per heavy atom. The third-order valence-electron chi connectivity index (χ3n) is 2.93. The fourth-order valence-electron chi connectivity index (χ4n) is 1.66. The molecule has 0 radical (unpaired) electrons. The van der Waals surface area contributed by atoms with E-state index in [0.29, 0.717) is 6.04 Å². The van der Waals surface area contributed by atoms with Crippen LogP contribution < -0.4 is 5.32 Å². The smallest absolute Gasteiger partial charge is 0.0241 e. The van der Waals surface area contributed by atoms with Gasteiger partial charge in [-0.05, 0) is 62.3 Å². The second-order valence-electron chi connectivity index (χ2n) is 4.43. The minimum atomic E-state index is 0.643. The third kappa shape index (κ3) is 5.10. The zero-order valence-corrected chi connectivity index (χ0v) is 11.5. The zero-order valence-electron chi connectivity index (χ0n) is 10.7. The minimum Gasteiger partial charge on any atom is -0.317 e. The maximum absolute atomic E-state index is 3.46. The van der Waals surface area contributed by atoms with Crippen molar-refractivity contribution in [1.29, 1.82) is 0 Å². The van der Waals surface area contributed by atoms with E-state index >= 15 is 0 Å². The normalized spacial score (nSPS) is 13.2. The second-order valence-corrected chi connectivity index (χ2v) is 5.21. The summed E-state index contributed by atoms with van der Waals surface area (Å²) in [7, 11) is 2.21. The number of hydrogen-bond donors (Lipinski definition) is 1. The Morgan fingerprint density at radius 1 is 1.44 bits per heavy atom. The van der Waals surface area contributed by atoms with Gasteiger partial charge in [-0.3, -0.25) is 4.90 Å². The molecule has 0 aliphatic rings. The Labute approximate surface area is 104 Å². The van der Waals surface area contributed by atoms with Gasteiger partial charge in [0.1, 0.15) is 0 Å². The van der Waals surface area contributed by atoms with Crippen LogP contribution in [0.2, 0.25) is 0 Å². The van der Waals surface area contributed by atoms with Crippen molar-refractivity contribution in [2.45, 2.75) is 39.3 Å². The molecule has 0 bridgehead atoms. The minimum absolute atomic E-state index is 0.643. The van der Waals surface area contributed by atoms with Gasteiger partial charge in [-0.1, -0.05) is 6.92 Å². The highest BCUT2D eigenvalue weighted by molar-refractivity contribution is 7.07. The largest absolute Gasteiger partial charge is 0.317 e. The predicted octanol–water partition coefficient (Wildman–Crippen LogP) is 2.96. The van der Waals surface area contributed by atoms with E-state index in [9.17, 15) is 0 Å². The summed E-state index contributed by atoms with van der Waals surface area (Å²) in [4.78, 5) is 2.43. The standard InChI is InChI=1S/C13H24N2S/c1-4-7-14-8-5-12(2)15(3)10-13-6-9-16-11-13/h6,9,11-12,14H,4-5,7-8,10H2,1-3H3. The fourth-order valence-corrected chi connectivity index (χ4v) is 2.32. The lowest BCUT2D eigenvalue weighted by atomic mass is 10.2. The van der Waals surface area contributed by atoms with Crippen LogP contribution in [0.25, 0.3) is 0 Å². The highest BCUT2D eigenvalue weighted by Gasteiger charge is 2.09. The fraction of sp³-hybridized carbons (Fsp3) is 0.692. The molecular formula is C13H24N2S. The SMILES string of the molecule is CCCNCCC(C)N(C)Cc1ccsc1. The summed E-state index contributed by atoms with van der Waals surface area (Å²) < 4.78 is 0. The second kappa shape index (κ2) is 7.82. The molecule has 1 unspecified atom stereocenters. The average molecular weight is 240 g/mol. The Hall–Kier alpha value is -0.380. The van der Waals surface area contributed by atoms with Crippen LogP contribution >= 0.6 is 11.3 Å². The molecule has 0 aliphatic heterocycles. The summed E-state index contributed by atoms with van der Waals surface area (Å²) >= 11 is 1.78. The monoisotopic (exact) mass is 240 g/mol. The van der Waals surface area contributed by atoms with Crippen molar-refractivity contribution in [3.63, 3.8) is 0 Å². The Balaban J connectivity index is 2.17. The van der Waals surface area contributed by atoms with E-state index in [-0.39, 0.29) is 0 Å². The molecule has 1 heterocycles. The predicted molar refractivity (Wildman–Crippen MR) is 73.0 cm³/mol. The highest BCUT2D eigenvalue weighted by atomic mass is 32.1. The van der Waals surface area contributed by atoms with Crippen LogP contribution in [0.3, 0.4) is 0 Å². The van der Waals surface area contributed by atoms with Crippen molar-refractivity contribution in [2.24, 2.45) is 0 Å². The molecule has 0 aromatic carbocycles. The molecule has 92 valence electrons. The molecule has 1 aromatic heterocycles. The van der Waals surface area contributed by atoms with Gasteiger partial charge in [0.2, 0.25) is 0 Å². The summed E-state index contributed by atoms with van der Waals surface area (Å²) in [5.74, 6) is 0. The Kier molecular flexibility index (Phi) is 6.69. The molecule has 0 spiro atoms. The molecular weight excluding hydrogens is 216 g/mol. The van der Waals surface area contributed by atoms with Crippen molar-refractivity contribution < 1.29 is 0 Å². The van der Waals surface area contributed by atoms with Crippen LogP contribution in [0.1, 0.15) is 32.3 Å². The van der Waals surface area contributed by atoms with Gasteiger partial charge in [0.05, 0.1) is 0 Å². The van der Waals surface area contributed by atoms with Crippen LogP contribution in [0.15, 0.2) is 16.8 Å². The van der Waals surface area contributed by atoms with E-state index in [1.165, 1.54) is 18.4 Å². The van der Waals surface area contributed by atoms with Crippen molar-refractivity contribution in [2.75, 3.05) is 20.1 Å². The van der Waals surface area contributed by atoms with Gasteiger partial charge in [0, 0.05) is 12.6 Å². The number of nitrogens with one attached hydrogen (secondary N) is 1. The average Bonchev–Trinajstić information content (AvgIpc) is 2.76. The highest BCUT2D eigenvalue weighted by Crippen LogP contribution is 2.11. The lowest BCUT2D eigenvalue weighted by Gasteiger charge is -2.24. The lowest BCUT2D eigenvalue weighted by molar-refractivity contribution is 0.237. The molecule has 0 saturated heterocycles. The van der Waals surface area contributed by atoms with Gasteiger partial charge >= 0.3 is 0 Å². The maximum atomic E-state index is 3.46. The van der Waals surface area contributed by atoms with Crippen molar-refractivity contribution >= 4 is 11.3 Å². The van der Waals surface area contributed by atoms with Gasteiger partial charge in [0.15, 0.2) is 0 Å². The number of hydrogen-bond acceptors (Lipinski definition) is 3. The van der Waals surface area contributed by atoms with Gasteiger partial charge in [-0.2, -0.15) is 11.3 Å². The summed E-state index contributed by atoms with van der Waals surface area (Å²) in [5, 5.41) is 7.84. The van der Waals surface area contributed by atoms with Crippen molar-refractivity contribution in [1.82, 2.24) is 10.2 Å². The number of nitrogens with zero attached hydrogens (tertiary/aromatic N) is 1. The van der Waals surface area contributed by atoms with E-state index in [1.807, 2.05) is 0 Å². The van der Waals surface area contributed by atoms with Gasteiger partial charge in [-0.15, -0.1) is 0 Å². The Morgan fingerprint density at radius 2 is 2.25 bits per heavy atom. The zero-order chi connectivity index (χ0) is 11.8. The molecule has 0 amide bonds. The molecule has 1 rings (SSSR count). The Bertz CT molecular complexity index is 259. The van der Waals surface area contributed by atoms with Crippen LogP contribution in [0.4, 0.5) is 0 Å². The molecule has 0 fully saturated rings. The molecule has 1 aromatic rings. The maximum Gasteiger partial charge on any atom is 0.0241 e. The van der Waals surface area contributed by atoms with E-state index < -0.39 is 0 Å². The summed E-state index contributed by atoms with van der Waals surface area (Å²) in [5.41, 5.74) is 1.43. The first-order valence-electron chi connectivity index (χ1n) is 6.16. The molecule has 2 nitrogen and oxygen atoms in total. The van der Waals surface area contributed by atoms with Crippen molar-refractivity contribution in [3.05, 3.63) is 22.4 Å². The molecule has 3 heteroatoms. The van der Waals surface area contributed by atoms with Crippen LogP contribution in [-0.2, 0) is 6.54 Å². The van der Waals surface area contributed by atoms with Gasteiger partial charge in [-0.25, -0.2) is 0 Å². The summed E-state index contributed by atoms with van der Waals surface area (Å²) in [6.07, 6.45) is 2.44. The first-order chi connectivity index (χ1) is 7.74. The lowest BCUT2D eigenvalue weighted by Crippen LogP contribution is -2.31. The van der Waals surface area contributed by atoms with Gasteiger partial charge in [0.25, 0.3) is 0 Å². The van der Waals surface area contributed by atoms with E-state index in [1.54, 1.807) is 11.3 Å². The summed E-state index contributed by atoms with van der Waals surface area (Å²) in [6.45, 7) is 7.85. The summed E-state index contributed by atoms with van der Waals surface area (Å²) in [6, 6.07) is 2.85. The van der Waals surface area contributed by atoms with E-state index in [2.05, 4.69) is 47.9 Å². The number of rotatable bonds is 8. The number of thiophene rings is 1. The molecule has 1 N–H and O–H groups in total.